The molecule has 0 amide bonds. The van der Waals surface area contributed by atoms with Crippen LogP contribution in [0.2, 0.25) is 0 Å². The van der Waals surface area contributed by atoms with E-state index in [0.29, 0.717) is 0 Å². The SMILES string of the molecule is CCCCCCCCCCCCCCCCCCOc1ccc([I+]c2ccc(OCCCCCCCCCCCCCCCCCC)cc2)cc1.[F][Sb-]([F])([F])([F])([F])[F]. The molecule has 0 aliphatic carbocycles. The summed E-state index contributed by atoms with van der Waals surface area (Å²) in [5, 5.41) is 0. The predicted molar refractivity (Wildman–Crippen MR) is 233 cm³/mol. The van der Waals surface area contributed by atoms with E-state index < -0.39 is 19.5 Å². The summed E-state index contributed by atoms with van der Waals surface area (Å²) in [6.07, 6.45) is 44.9. The molecule has 0 bridgehead atoms. The van der Waals surface area contributed by atoms with Crippen LogP contribution in [0.3, 0.4) is 0 Å². The van der Waals surface area contributed by atoms with Gasteiger partial charge >= 0.3 is 57.6 Å². The van der Waals surface area contributed by atoms with Crippen LogP contribution in [0.15, 0.2) is 48.5 Å². The Morgan fingerprint density at radius 3 is 0.724 bits per heavy atom. The zero-order valence-electron chi connectivity index (χ0n) is 36.6. The Labute approximate surface area is 364 Å². The maximum atomic E-state index is 9.93. The van der Waals surface area contributed by atoms with Gasteiger partial charge in [0.15, 0.2) is 7.14 Å². The number of halogens is 7. The molecular weight excluding hydrogens is 971 g/mol. The molecule has 10 heteroatoms. The van der Waals surface area contributed by atoms with Gasteiger partial charge in [-0.2, -0.15) is 0 Å². The summed E-state index contributed by atoms with van der Waals surface area (Å²) in [4.78, 5) is 0. The molecule has 2 rings (SSSR count). The summed E-state index contributed by atoms with van der Waals surface area (Å²) < 4.78 is 74.5. The van der Waals surface area contributed by atoms with Crippen LogP contribution in [0.1, 0.15) is 219 Å². The van der Waals surface area contributed by atoms with Gasteiger partial charge in [-0.25, -0.2) is 0 Å². The molecule has 58 heavy (non-hydrogen) atoms. The summed E-state index contributed by atoms with van der Waals surface area (Å²) in [7, 11) is 0. The number of benzene rings is 2. The molecule has 0 aliphatic heterocycles. The first kappa shape index (κ1) is 55.2. The van der Waals surface area contributed by atoms with Gasteiger partial charge in [-0.15, -0.1) is 0 Å². The summed E-state index contributed by atoms with van der Waals surface area (Å²) >= 11 is -11.4. The van der Waals surface area contributed by atoms with Crippen molar-refractivity contribution in [2.45, 2.75) is 219 Å². The van der Waals surface area contributed by atoms with Crippen LogP contribution in [0.25, 0.3) is 0 Å². The molecule has 0 unspecified atom stereocenters. The second kappa shape index (κ2) is 33.8. The Bertz CT molecular complexity index is 1110. The van der Waals surface area contributed by atoms with Gasteiger partial charge in [0.2, 0.25) is 0 Å². The second-order valence-electron chi connectivity index (χ2n) is 16.3. The van der Waals surface area contributed by atoms with Crippen molar-refractivity contribution in [2.24, 2.45) is 0 Å². The third kappa shape index (κ3) is 43.3. The Morgan fingerprint density at radius 1 is 0.328 bits per heavy atom. The van der Waals surface area contributed by atoms with Crippen molar-refractivity contribution < 1.29 is 47.6 Å². The van der Waals surface area contributed by atoms with Crippen molar-refractivity contribution in [1.29, 1.82) is 0 Å². The molecule has 0 aromatic heterocycles. The van der Waals surface area contributed by atoms with E-state index in [0.717, 1.165) is 24.7 Å². The monoisotopic (exact) mass is 1050 g/mol. The molecule has 0 aliphatic rings. The van der Waals surface area contributed by atoms with Gasteiger partial charge in [0, 0.05) is 0 Å². The van der Waals surface area contributed by atoms with Gasteiger partial charge in [0.05, 0.1) is 13.2 Å². The van der Waals surface area contributed by atoms with Crippen molar-refractivity contribution in [2.75, 3.05) is 13.2 Å². The predicted octanol–water partition coefficient (Wildman–Crippen LogP) is 15.2. The van der Waals surface area contributed by atoms with Crippen LogP contribution < -0.4 is 30.7 Å². The number of hydrogen-bond donors (Lipinski definition) is 0. The number of unbranched alkanes of at least 4 members (excludes halogenated alkanes) is 30. The zero-order valence-corrected chi connectivity index (χ0v) is 41.3. The van der Waals surface area contributed by atoms with Crippen LogP contribution >= 0.6 is 0 Å². The third-order valence-corrected chi connectivity index (χ3v) is 13.1. The van der Waals surface area contributed by atoms with Crippen molar-refractivity contribution >= 4 is 19.5 Å². The molecule has 0 spiro atoms. The molecule has 0 radical (unpaired) electrons. The number of hydrogen-bond acceptors (Lipinski definition) is 2. The van der Waals surface area contributed by atoms with Crippen molar-refractivity contribution in [3.8, 4) is 11.5 Å². The average Bonchev–Trinajstić information content (AvgIpc) is 3.17. The molecule has 0 fully saturated rings. The van der Waals surface area contributed by atoms with E-state index in [-0.39, 0.29) is 21.2 Å². The molecule has 2 aromatic rings. The van der Waals surface area contributed by atoms with Crippen LogP contribution in [0.5, 0.6) is 11.5 Å². The molecule has 0 saturated heterocycles. The molecule has 2 nitrogen and oxygen atoms in total. The Morgan fingerprint density at radius 2 is 0.517 bits per heavy atom. The van der Waals surface area contributed by atoms with Gasteiger partial charge in [-0.1, -0.05) is 206 Å². The van der Waals surface area contributed by atoms with Crippen LogP contribution in [0.4, 0.5) is 16.9 Å². The fourth-order valence-electron chi connectivity index (χ4n) is 6.99. The molecular formula is C48H82F6IO2Sb. The molecule has 2 aromatic carbocycles. The quantitative estimate of drug-likeness (QED) is 0.0289. The molecule has 0 saturated carbocycles. The first-order chi connectivity index (χ1) is 27.8. The Kier molecular flexibility index (Phi) is 32.1. The van der Waals surface area contributed by atoms with Crippen LogP contribution in [0, 0.1) is 7.14 Å². The first-order valence-electron chi connectivity index (χ1n) is 23.4. The van der Waals surface area contributed by atoms with Gasteiger partial charge in [0.1, 0.15) is 11.5 Å². The standard InChI is InChI=1S/C48H82IO2.6FH.Sb/c1-3-5-7-9-11-13-15-17-19-21-23-25-27-29-31-33-43-50-47-39-35-45(36-40-47)49-46-37-41-48(42-38-46)51-44-34-32-30-28-26-24-22-20-18-16-14-12-10-8-6-4-2;;;;;;;/h35-42H,3-34,43-44H2,1-2H3;6*1H;/q+1;;;;;;;+5/p-6. The minimum absolute atomic E-state index is 0.181. The number of rotatable bonds is 38. The van der Waals surface area contributed by atoms with Gasteiger partial charge in [0.25, 0.3) is 0 Å². The number of ether oxygens (including phenoxy) is 2. The summed E-state index contributed by atoms with van der Waals surface area (Å²) in [5.74, 6) is 2.03. The fourth-order valence-corrected chi connectivity index (χ4v) is 9.15. The van der Waals surface area contributed by atoms with E-state index in [1.165, 1.54) is 213 Å². The Hall–Kier alpha value is -0.832. The van der Waals surface area contributed by atoms with E-state index in [2.05, 4.69) is 62.4 Å². The first-order valence-corrected chi connectivity index (χ1v) is 31.4. The van der Waals surface area contributed by atoms with Crippen molar-refractivity contribution in [3.05, 3.63) is 55.7 Å². The second-order valence-corrected chi connectivity index (χ2v) is 24.8. The van der Waals surface area contributed by atoms with Crippen molar-refractivity contribution in [1.82, 2.24) is 0 Å². The Balaban J connectivity index is 0.00000219. The van der Waals surface area contributed by atoms with Gasteiger partial charge in [-0.3, -0.25) is 0 Å². The maximum absolute atomic E-state index is 11.2. The van der Waals surface area contributed by atoms with E-state index in [4.69, 9.17) is 9.47 Å². The zero-order chi connectivity index (χ0) is 42.5. The van der Waals surface area contributed by atoms with E-state index in [1.807, 2.05) is 0 Å². The minimum atomic E-state index is -11.2. The third-order valence-electron chi connectivity index (χ3n) is 10.4. The summed E-state index contributed by atoms with van der Waals surface area (Å²) in [5.41, 5.74) is 0. The van der Waals surface area contributed by atoms with Gasteiger partial charge in [-0.05, 0) is 61.4 Å². The molecule has 0 N–H and O–H groups in total. The van der Waals surface area contributed by atoms with E-state index in [1.54, 1.807) is 0 Å². The van der Waals surface area contributed by atoms with Crippen molar-refractivity contribution in [3.63, 3.8) is 0 Å². The average molecular weight is 1050 g/mol. The summed E-state index contributed by atoms with van der Waals surface area (Å²) in [6.45, 7) is 6.28. The molecule has 340 valence electrons. The van der Waals surface area contributed by atoms with E-state index in [9.17, 15) is 16.9 Å². The topological polar surface area (TPSA) is 18.5 Å². The van der Waals surface area contributed by atoms with Crippen LogP contribution in [-0.4, -0.2) is 32.7 Å². The normalized spacial score (nSPS) is 12.8. The fraction of sp³-hybridized carbons (Fsp3) is 0.750. The van der Waals surface area contributed by atoms with E-state index >= 15 is 0 Å². The van der Waals surface area contributed by atoms with Gasteiger partial charge < -0.3 is 9.47 Å². The summed E-state index contributed by atoms with van der Waals surface area (Å²) in [6, 6.07) is 17.7. The molecule has 0 atom stereocenters. The van der Waals surface area contributed by atoms with Crippen LogP contribution in [-0.2, 0) is 0 Å². The molecule has 0 heterocycles.